The Bertz CT molecular complexity index is 560. The summed E-state index contributed by atoms with van der Waals surface area (Å²) in [6.45, 7) is 0.289. The Hall–Kier alpha value is -1.75. The van der Waals surface area contributed by atoms with Crippen molar-refractivity contribution in [2.75, 3.05) is 25.7 Å². The lowest BCUT2D eigenvalue weighted by atomic mass is 10.3. The number of hydrogen-bond acceptors (Lipinski definition) is 7. The zero-order chi connectivity index (χ0) is 14.5. The number of non-ortho nitro benzene ring substituents is 1. The number of hydrogen-bond donors (Lipinski definition) is 3. The van der Waals surface area contributed by atoms with Gasteiger partial charge in [-0.25, -0.2) is 13.1 Å². The minimum atomic E-state index is -3.81. The lowest BCUT2D eigenvalue weighted by molar-refractivity contribution is -0.384. The van der Waals surface area contributed by atoms with E-state index in [-0.39, 0.29) is 29.4 Å². The van der Waals surface area contributed by atoms with Gasteiger partial charge in [-0.05, 0) is 6.07 Å². The van der Waals surface area contributed by atoms with Crippen molar-refractivity contribution < 1.29 is 18.1 Å². The highest BCUT2D eigenvalue weighted by Crippen LogP contribution is 2.25. The largest absolute Gasteiger partial charge is 0.383 e. The average molecular weight is 290 g/mol. The van der Waals surface area contributed by atoms with Crippen LogP contribution in [0.1, 0.15) is 0 Å². The number of anilines is 1. The summed E-state index contributed by atoms with van der Waals surface area (Å²) in [5.41, 5.74) is 1.82. The fourth-order valence-corrected chi connectivity index (χ4v) is 2.50. The average Bonchev–Trinajstić information content (AvgIpc) is 2.38. The number of nitro benzene ring substituents is 1. The fraction of sp³-hybridized carbons (Fsp3) is 0.333. The van der Waals surface area contributed by atoms with E-state index in [0.717, 1.165) is 18.2 Å². The molecule has 0 aliphatic carbocycles. The Morgan fingerprint density at radius 3 is 2.68 bits per heavy atom. The maximum atomic E-state index is 11.9. The molecule has 0 spiro atoms. The van der Waals surface area contributed by atoms with Gasteiger partial charge in [0.05, 0.1) is 17.2 Å². The maximum absolute atomic E-state index is 11.9. The van der Waals surface area contributed by atoms with Crippen LogP contribution in [0.3, 0.4) is 0 Å². The molecule has 0 fully saturated rings. The number of benzene rings is 1. The van der Waals surface area contributed by atoms with Crippen LogP contribution in [0, 0.1) is 10.1 Å². The number of sulfonamides is 1. The SMILES string of the molecule is COCCNS(=O)(=O)c1ccc([N+](=O)[O-])cc1NN. The van der Waals surface area contributed by atoms with Gasteiger partial charge in [-0.15, -0.1) is 0 Å². The van der Waals surface area contributed by atoms with Crippen molar-refractivity contribution in [3.8, 4) is 0 Å². The molecular formula is C9H14N4O5S. The number of methoxy groups -OCH3 is 1. The van der Waals surface area contributed by atoms with Crippen LogP contribution in [-0.2, 0) is 14.8 Å². The van der Waals surface area contributed by atoms with Gasteiger partial charge >= 0.3 is 0 Å². The molecule has 0 aromatic heterocycles. The molecule has 0 aliphatic heterocycles. The van der Waals surface area contributed by atoms with Crippen LogP contribution >= 0.6 is 0 Å². The molecule has 0 saturated carbocycles. The zero-order valence-electron chi connectivity index (χ0n) is 10.1. The van der Waals surface area contributed by atoms with Crippen molar-refractivity contribution in [3.63, 3.8) is 0 Å². The van der Waals surface area contributed by atoms with Gasteiger partial charge in [0.25, 0.3) is 5.69 Å². The number of nitrogens with one attached hydrogen (secondary N) is 2. The molecule has 0 bridgehead atoms. The van der Waals surface area contributed by atoms with E-state index >= 15 is 0 Å². The van der Waals surface area contributed by atoms with Crippen molar-refractivity contribution in [2.45, 2.75) is 4.90 Å². The summed E-state index contributed by atoms with van der Waals surface area (Å²) in [4.78, 5) is 9.78. The van der Waals surface area contributed by atoms with Crippen molar-refractivity contribution in [1.82, 2.24) is 4.72 Å². The second-order valence-corrected chi connectivity index (χ2v) is 5.21. The molecule has 1 aromatic carbocycles. The normalized spacial score (nSPS) is 11.3. The molecule has 0 saturated heterocycles. The van der Waals surface area contributed by atoms with Gasteiger partial charge < -0.3 is 10.2 Å². The van der Waals surface area contributed by atoms with E-state index in [1.54, 1.807) is 0 Å². The molecule has 19 heavy (non-hydrogen) atoms. The van der Waals surface area contributed by atoms with Crippen molar-refractivity contribution in [2.24, 2.45) is 5.84 Å². The first kappa shape index (κ1) is 15.3. The lowest BCUT2D eigenvalue weighted by Crippen LogP contribution is -2.28. The molecule has 1 rings (SSSR count). The van der Waals surface area contributed by atoms with Gasteiger partial charge in [0.1, 0.15) is 4.90 Å². The van der Waals surface area contributed by atoms with E-state index in [2.05, 4.69) is 10.1 Å². The van der Waals surface area contributed by atoms with Gasteiger partial charge in [-0.2, -0.15) is 0 Å². The van der Waals surface area contributed by atoms with E-state index in [1.807, 2.05) is 0 Å². The third-order valence-electron chi connectivity index (χ3n) is 2.22. The zero-order valence-corrected chi connectivity index (χ0v) is 10.9. The summed E-state index contributed by atoms with van der Waals surface area (Å²) >= 11 is 0. The van der Waals surface area contributed by atoms with Gasteiger partial charge in [-0.3, -0.25) is 16.0 Å². The van der Waals surface area contributed by atoms with Crippen LogP contribution in [-0.4, -0.2) is 33.6 Å². The van der Waals surface area contributed by atoms with E-state index in [4.69, 9.17) is 10.6 Å². The van der Waals surface area contributed by atoms with Crippen LogP contribution in [0.15, 0.2) is 23.1 Å². The Kier molecular flexibility index (Phi) is 5.18. The summed E-state index contributed by atoms with van der Waals surface area (Å²) in [6.07, 6.45) is 0. The molecule has 0 amide bonds. The monoisotopic (exact) mass is 290 g/mol. The molecule has 106 valence electrons. The summed E-state index contributed by atoms with van der Waals surface area (Å²) in [7, 11) is -2.38. The molecule has 9 nitrogen and oxygen atoms in total. The van der Waals surface area contributed by atoms with E-state index in [1.165, 1.54) is 7.11 Å². The predicted molar refractivity (Wildman–Crippen MR) is 68.0 cm³/mol. The highest BCUT2D eigenvalue weighted by Gasteiger charge is 2.20. The second kappa shape index (κ2) is 6.43. The summed E-state index contributed by atoms with van der Waals surface area (Å²) < 4.78 is 30.9. The molecule has 0 heterocycles. The lowest BCUT2D eigenvalue weighted by Gasteiger charge is -2.10. The Labute approximate surface area is 109 Å². The van der Waals surface area contributed by atoms with Crippen molar-refractivity contribution >= 4 is 21.4 Å². The van der Waals surface area contributed by atoms with Gasteiger partial charge in [0, 0.05) is 25.8 Å². The number of rotatable bonds is 7. The summed E-state index contributed by atoms with van der Waals surface area (Å²) in [5.74, 6) is 5.18. The summed E-state index contributed by atoms with van der Waals surface area (Å²) in [5, 5.41) is 10.6. The maximum Gasteiger partial charge on any atom is 0.271 e. The number of nitrogen functional groups attached to an aromatic ring is 1. The Morgan fingerprint density at radius 2 is 2.16 bits per heavy atom. The number of nitrogens with zero attached hydrogens (tertiary/aromatic N) is 1. The van der Waals surface area contributed by atoms with Gasteiger partial charge in [-0.1, -0.05) is 0 Å². The number of nitrogens with two attached hydrogens (primary N) is 1. The molecule has 0 radical (unpaired) electrons. The number of nitro groups is 1. The highest BCUT2D eigenvalue weighted by molar-refractivity contribution is 7.89. The standard InChI is InChI=1S/C9H14N4O5S/c1-18-5-4-11-19(16,17)9-3-2-7(13(14)15)6-8(9)12-10/h2-3,6,11-12H,4-5,10H2,1H3. The first-order valence-corrected chi connectivity index (χ1v) is 6.64. The summed E-state index contributed by atoms with van der Waals surface area (Å²) in [6, 6.07) is 3.25. The minimum Gasteiger partial charge on any atom is -0.383 e. The number of ether oxygens (including phenoxy) is 1. The van der Waals surface area contributed by atoms with E-state index in [9.17, 15) is 18.5 Å². The van der Waals surface area contributed by atoms with Crippen LogP contribution in [0.4, 0.5) is 11.4 Å². The smallest absolute Gasteiger partial charge is 0.271 e. The Balaban J connectivity index is 3.09. The predicted octanol–water partition coefficient (Wildman–Crippen LogP) is -0.195. The van der Waals surface area contributed by atoms with Crippen molar-refractivity contribution in [3.05, 3.63) is 28.3 Å². The fourth-order valence-electron chi connectivity index (χ4n) is 1.33. The molecule has 10 heteroatoms. The van der Waals surface area contributed by atoms with E-state index < -0.39 is 14.9 Å². The minimum absolute atomic E-state index is 0.0564. The van der Waals surface area contributed by atoms with Crippen LogP contribution in [0.25, 0.3) is 0 Å². The Morgan fingerprint density at radius 1 is 1.47 bits per heavy atom. The van der Waals surface area contributed by atoms with Crippen LogP contribution in [0.5, 0.6) is 0 Å². The molecule has 0 unspecified atom stereocenters. The van der Waals surface area contributed by atoms with E-state index in [0.29, 0.717) is 0 Å². The first-order valence-electron chi connectivity index (χ1n) is 5.16. The topological polar surface area (TPSA) is 137 Å². The molecule has 4 N–H and O–H groups in total. The van der Waals surface area contributed by atoms with Crippen LogP contribution < -0.4 is 16.0 Å². The first-order chi connectivity index (χ1) is 8.92. The van der Waals surface area contributed by atoms with Gasteiger partial charge in [0.2, 0.25) is 10.0 Å². The van der Waals surface area contributed by atoms with Crippen molar-refractivity contribution in [1.29, 1.82) is 0 Å². The second-order valence-electron chi connectivity index (χ2n) is 3.47. The number of hydrazine groups is 1. The molecule has 1 aromatic rings. The molecule has 0 aliphatic rings. The quantitative estimate of drug-likeness (QED) is 0.274. The molecular weight excluding hydrogens is 276 g/mol. The van der Waals surface area contributed by atoms with Crippen LogP contribution in [0.2, 0.25) is 0 Å². The molecule has 0 atom stereocenters. The third-order valence-corrected chi connectivity index (χ3v) is 3.74. The van der Waals surface area contributed by atoms with Gasteiger partial charge in [0.15, 0.2) is 0 Å². The third kappa shape index (κ3) is 3.86. The highest BCUT2D eigenvalue weighted by atomic mass is 32.2.